The SMILES string of the molecule is CCCCCCCCCCC#Cc1ccc(CN(Cc2ccccc2C(F)(F)F)OCC(=O)OCC)cc1. The van der Waals surface area contributed by atoms with Crippen molar-refractivity contribution in [3.05, 3.63) is 70.8 Å². The molecule has 0 N–H and O–H groups in total. The van der Waals surface area contributed by atoms with E-state index in [1.54, 1.807) is 13.0 Å². The zero-order valence-electron chi connectivity index (χ0n) is 22.6. The minimum atomic E-state index is -4.49. The lowest BCUT2D eigenvalue weighted by molar-refractivity contribution is -0.194. The maximum absolute atomic E-state index is 13.5. The van der Waals surface area contributed by atoms with E-state index in [9.17, 15) is 18.0 Å². The fourth-order valence-corrected chi connectivity index (χ4v) is 4.03. The zero-order chi connectivity index (χ0) is 27.6. The molecule has 0 saturated heterocycles. The van der Waals surface area contributed by atoms with Gasteiger partial charge in [-0.25, -0.2) is 4.79 Å². The van der Waals surface area contributed by atoms with Gasteiger partial charge < -0.3 is 4.74 Å². The molecule has 0 aliphatic heterocycles. The van der Waals surface area contributed by atoms with Gasteiger partial charge in [0, 0.05) is 18.5 Å². The first-order valence-electron chi connectivity index (χ1n) is 13.6. The Balaban J connectivity index is 1.94. The molecular weight excluding hydrogens is 491 g/mol. The summed E-state index contributed by atoms with van der Waals surface area (Å²) in [7, 11) is 0. The Morgan fingerprint density at radius 2 is 1.53 bits per heavy atom. The fourth-order valence-electron chi connectivity index (χ4n) is 4.03. The third kappa shape index (κ3) is 12.6. The topological polar surface area (TPSA) is 38.8 Å². The Bertz CT molecular complexity index is 1010. The zero-order valence-corrected chi connectivity index (χ0v) is 22.6. The molecule has 38 heavy (non-hydrogen) atoms. The molecule has 0 fully saturated rings. The van der Waals surface area contributed by atoms with Crippen LogP contribution in [-0.4, -0.2) is 24.2 Å². The van der Waals surface area contributed by atoms with Gasteiger partial charge in [0.15, 0.2) is 6.61 Å². The smallest absolute Gasteiger partial charge is 0.416 e. The summed E-state index contributed by atoms with van der Waals surface area (Å²) in [6, 6.07) is 12.9. The maximum Gasteiger partial charge on any atom is 0.416 e. The molecule has 208 valence electrons. The van der Waals surface area contributed by atoms with Gasteiger partial charge in [0.25, 0.3) is 0 Å². The second-order valence-corrected chi connectivity index (χ2v) is 9.25. The molecule has 0 amide bonds. The van der Waals surface area contributed by atoms with Gasteiger partial charge in [-0.15, -0.1) is 0 Å². The molecule has 2 aromatic rings. The molecule has 2 aromatic carbocycles. The van der Waals surface area contributed by atoms with Crippen molar-refractivity contribution >= 4 is 5.97 Å². The lowest BCUT2D eigenvalue weighted by Crippen LogP contribution is -2.28. The number of nitrogens with zero attached hydrogens (tertiary/aromatic N) is 1. The first-order valence-corrected chi connectivity index (χ1v) is 13.6. The third-order valence-electron chi connectivity index (χ3n) is 6.04. The van der Waals surface area contributed by atoms with Crippen LogP contribution < -0.4 is 0 Å². The first kappa shape index (κ1) is 31.4. The molecule has 0 atom stereocenters. The normalized spacial score (nSPS) is 11.3. The van der Waals surface area contributed by atoms with Gasteiger partial charge in [-0.3, -0.25) is 4.84 Å². The van der Waals surface area contributed by atoms with E-state index in [0.717, 1.165) is 30.0 Å². The number of halogens is 3. The summed E-state index contributed by atoms with van der Waals surface area (Å²) in [4.78, 5) is 17.4. The van der Waals surface area contributed by atoms with E-state index < -0.39 is 17.7 Å². The molecule has 0 heterocycles. The summed E-state index contributed by atoms with van der Waals surface area (Å²) in [5, 5.41) is 1.35. The molecule has 0 bridgehead atoms. The largest absolute Gasteiger partial charge is 0.464 e. The number of hydrogen-bond donors (Lipinski definition) is 0. The summed E-state index contributed by atoms with van der Waals surface area (Å²) in [5.41, 5.74) is 1.04. The van der Waals surface area contributed by atoms with Gasteiger partial charge >= 0.3 is 12.1 Å². The molecule has 0 radical (unpaired) electrons. The Labute approximate surface area is 225 Å². The second-order valence-electron chi connectivity index (χ2n) is 9.25. The van der Waals surface area contributed by atoms with E-state index in [1.807, 2.05) is 24.3 Å². The van der Waals surface area contributed by atoms with Crippen molar-refractivity contribution in [2.45, 2.75) is 90.9 Å². The van der Waals surface area contributed by atoms with Gasteiger partial charge in [-0.05, 0) is 42.7 Å². The second kappa shape index (κ2) is 17.6. The minimum Gasteiger partial charge on any atom is -0.464 e. The molecule has 0 unspecified atom stereocenters. The van der Waals surface area contributed by atoms with Crippen LogP contribution in [0.15, 0.2) is 48.5 Å². The molecule has 0 aliphatic carbocycles. The molecule has 0 spiro atoms. The van der Waals surface area contributed by atoms with Crippen LogP contribution in [0.2, 0.25) is 0 Å². The Morgan fingerprint density at radius 1 is 0.868 bits per heavy atom. The Kier molecular flexibility index (Phi) is 14.6. The number of esters is 1. The van der Waals surface area contributed by atoms with E-state index in [0.29, 0.717) is 0 Å². The van der Waals surface area contributed by atoms with E-state index in [1.165, 1.54) is 62.1 Å². The quantitative estimate of drug-likeness (QED) is 0.0950. The van der Waals surface area contributed by atoms with E-state index in [4.69, 9.17) is 9.57 Å². The highest BCUT2D eigenvalue weighted by molar-refractivity contribution is 5.70. The van der Waals surface area contributed by atoms with Crippen LogP contribution in [0, 0.1) is 11.8 Å². The fraction of sp³-hybridized carbons (Fsp3) is 0.516. The standard InChI is InChI=1S/C31H40F3NO3/c1-3-5-6-7-8-9-10-11-12-13-16-26-19-21-27(22-20-26)23-35(38-25-30(36)37-4-2)24-28-17-14-15-18-29(28)31(32,33)34/h14-15,17-22H,3-12,23-25H2,1-2H3. The number of carbonyl (C=O) groups is 1. The molecule has 7 heteroatoms. The molecule has 0 aromatic heterocycles. The molecule has 4 nitrogen and oxygen atoms in total. The summed E-state index contributed by atoms with van der Waals surface area (Å²) in [6.45, 7) is 3.76. The monoisotopic (exact) mass is 531 g/mol. The maximum atomic E-state index is 13.5. The molecule has 2 rings (SSSR count). The number of benzene rings is 2. The highest BCUT2D eigenvalue weighted by Crippen LogP contribution is 2.32. The number of unbranched alkanes of at least 4 members (excludes halogenated alkanes) is 8. The van der Waals surface area contributed by atoms with Gasteiger partial charge in [0.1, 0.15) is 0 Å². The van der Waals surface area contributed by atoms with Crippen LogP contribution in [0.25, 0.3) is 0 Å². The van der Waals surface area contributed by atoms with Gasteiger partial charge in [0.05, 0.1) is 18.7 Å². The number of ether oxygens (including phenoxy) is 1. The van der Waals surface area contributed by atoms with Crippen molar-refractivity contribution in [3.63, 3.8) is 0 Å². The minimum absolute atomic E-state index is 0.0623. The summed E-state index contributed by atoms with van der Waals surface area (Å²) in [6.07, 6.45) is 6.52. The summed E-state index contributed by atoms with van der Waals surface area (Å²) >= 11 is 0. The van der Waals surface area contributed by atoms with Crippen molar-refractivity contribution in [2.24, 2.45) is 0 Å². The van der Waals surface area contributed by atoms with E-state index in [-0.39, 0.29) is 31.9 Å². The van der Waals surface area contributed by atoms with Crippen molar-refractivity contribution in [2.75, 3.05) is 13.2 Å². The van der Waals surface area contributed by atoms with Crippen molar-refractivity contribution in [1.29, 1.82) is 0 Å². The average Bonchev–Trinajstić information content (AvgIpc) is 2.89. The molecule has 0 aliphatic rings. The number of hydrogen-bond acceptors (Lipinski definition) is 4. The van der Waals surface area contributed by atoms with Crippen LogP contribution >= 0.6 is 0 Å². The predicted molar refractivity (Wildman–Crippen MR) is 144 cm³/mol. The van der Waals surface area contributed by atoms with Gasteiger partial charge in [0.2, 0.25) is 0 Å². The predicted octanol–water partition coefficient (Wildman–Crippen LogP) is 8.08. The van der Waals surface area contributed by atoms with Crippen LogP contribution in [0.1, 0.15) is 93.9 Å². The highest BCUT2D eigenvalue weighted by atomic mass is 19.4. The lowest BCUT2D eigenvalue weighted by Gasteiger charge is -2.23. The van der Waals surface area contributed by atoms with Gasteiger partial charge in [-0.1, -0.05) is 94.0 Å². The number of hydroxylamine groups is 2. The van der Waals surface area contributed by atoms with Crippen LogP contribution in [-0.2, 0) is 33.6 Å². The number of alkyl halides is 3. The first-order chi connectivity index (χ1) is 18.3. The van der Waals surface area contributed by atoms with Crippen LogP contribution in [0.5, 0.6) is 0 Å². The van der Waals surface area contributed by atoms with Gasteiger partial charge in [-0.2, -0.15) is 18.2 Å². The highest BCUT2D eigenvalue weighted by Gasteiger charge is 2.33. The van der Waals surface area contributed by atoms with Crippen LogP contribution in [0.3, 0.4) is 0 Å². The van der Waals surface area contributed by atoms with Crippen molar-refractivity contribution in [3.8, 4) is 11.8 Å². The average molecular weight is 532 g/mol. The number of carbonyl (C=O) groups excluding carboxylic acids is 1. The summed E-state index contributed by atoms with van der Waals surface area (Å²) in [5.74, 6) is 5.83. The Morgan fingerprint density at radius 3 is 2.18 bits per heavy atom. The Hall–Kier alpha value is -2.82. The summed E-state index contributed by atoms with van der Waals surface area (Å²) < 4.78 is 45.3. The van der Waals surface area contributed by atoms with E-state index in [2.05, 4.69) is 18.8 Å². The number of rotatable bonds is 16. The third-order valence-corrected chi connectivity index (χ3v) is 6.04. The van der Waals surface area contributed by atoms with Crippen LogP contribution in [0.4, 0.5) is 13.2 Å². The van der Waals surface area contributed by atoms with E-state index >= 15 is 0 Å². The molecular formula is C31H40F3NO3. The van der Waals surface area contributed by atoms with Crippen molar-refractivity contribution < 1.29 is 27.5 Å². The molecule has 0 saturated carbocycles. The van der Waals surface area contributed by atoms with Crippen molar-refractivity contribution in [1.82, 2.24) is 5.06 Å². The lowest BCUT2D eigenvalue weighted by atomic mass is 10.1.